The van der Waals surface area contributed by atoms with Crippen LogP contribution in [0.3, 0.4) is 0 Å². The summed E-state index contributed by atoms with van der Waals surface area (Å²) in [4.78, 5) is 2.64. The molecule has 0 saturated carbocycles. The summed E-state index contributed by atoms with van der Waals surface area (Å²) in [6, 6.07) is 12.1. The average molecular weight is 260 g/mol. The molecule has 0 aliphatic carbocycles. The summed E-state index contributed by atoms with van der Waals surface area (Å²) in [5.41, 5.74) is 7.95. The lowest BCUT2D eigenvalue weighted by atomic mass is 9.81. The Morgan fingerprint density at radius 3 is 2.37 bits per heavy atom. The summed E-state index contributed by atoms with van der Waals surface area (Å²) in [5.74, 6) is 0. The number of benzene rings is 1. The second-order valence-corrected chi connectivity index (χ2v) is 6.98. The first-order chi connectivity index (χ1) is 8.91. The van der Waals surface area contributed by atoms with Crippen molar-refractivity contribution in [2.75, 3.05) is 6.54 Å². The molecule has 1 aromatic carbocycles. The van der Waals surface area contributed by atoms with Crippen LogP contribution in [0.25, 0.3) is 0 Å². The van der Waals surface area contributed by atoms with Gasteiger partial charge in [-0.25, -0.2) is 0 Å². The van der Waals surface area contributed by atoms with E-state index in [-0.39, 0.29) is 11.5 Å². The van der Waals surface area contributed by atoms with E-state index in [1.165, 1.54) is 24.9 Å². The van der Waals surface area contributed by atoms with Crippen molar-refractivity contribution in [3.63, 3.8) is 0 Å². The van der Waals surface area contributed by atoms with Gasteiger partial charge < -0.3 is 5.73 Å². The van der Waals surface area contributed by atoms with Gasteiger partial charge in [-0.1, -0.05) is 51.1 Å². The number of hydrogen-bond acceptors (Lipinski definition) is 2. The van der Waals surface area contributed by atoms with Crippen molar-refractivity contribution in [1.82, 2.24) is 4.90 Å². The quantitative estimate of drug-likeness (QED) is 0.900. The van der Waals surface area contributed by atoms with Gasteiger partial charge in [-0.3, -0.25) is 4.90 Å². The van der Waals surface area contributed by atoms with E-state index < -0.39 is 0 Å². The maximum atomic E-state index is 6.30. The second-order valence-electron chi connectivity index (χ2n) is 6.98. The summed E-state index contributed by atoms with van der Waals surface area (Å²) in [6.45, 7) is 10.2. The summed E-state index contributed by atoms with van der Waals surface area (Å²) < 4.78 is 0. The molecule has 1 aliphatic rings. The predicted molar refractivity (Wildman–Crippen MR) is 82.0 cm³/mol. The van der Waals surface area contributed by atoms with E-state index in [0.29, 0.717) is 12.1 Å². The average Bonchev–Trinajstić information content (AvgIpc) is 2.76. The summed E-state index contributed by atoms with van der Waals surface area (Å²) in [5, 5.41) is 0. The minimum atomic E-state index is 0.198. The van der Waals surface area contributed by atoms with Gasteiger partial charge in [-0.2, -0.15) is 0 Å². The van der Waals surface area contributed by atoms with Gasteiger partial charge in [0.1, 0.15) is 0 Å². The molecule has 0 bridgehead atoms. The standard InChI is InChI=1S/C17H28N2/c1-13(18)16(17(2,3)4)19-12-8-11-15(19)14-9-6-5-7-10-14/h5-7,9-10,13,15-16H,8,11-12,18H2,1-4H3. The molecule has 0 radical (unpaired) electrons. The molecule has 3 atom stereocenters. The number of nitrogens with two attached hydrogens (primary N) is 1. The van der Waals surface area contributed by atoms with Gasteiger partial charge >= 0.3 is 0 Å². The molecule has 1 saturated heterocycles. The van der Waals surface area contributed by atoms with E-state index in [4.69, 9.17) is 5.73 Å². The molecular formula is C17H28N2. The monoisotopic (exact) mass is 260 g/mol. The van der Waals surface area contributed by atoms with E-state index >= 15 is 0 Å². The van der Waals surface area contributed by atoms with Crippen LogP contribution in [-0.4, -0.2) is 23.5 Å². The highest BCUT2D eigenvalue weighted by Crippen LogP contribution is 2.39. The highest BCUT2D eigenvalue weighted by atomic mass is 15.2. The number of nitrogens with zero attached hydrogens (tertiary/aromatic N) is 1. The van der Waals surface area contributed by atoms with Crippen LogP contribution < -0.4 is 5.73 Å². The maximum absolute atomic E-state index is 6.30. The predicted octanol–water partition coefficient (Wildman–Crippen LogP) is 3.59. The van der Waals surface area contributed by atoms with Gasteiger partial charge in [0.15, 0.2) is 0 Å². The minimum Gasteiger partial charge on any atom is -0.327 e. The highest BCUT2D eigenvalue weighted by Gasteiger charge is 2.39. The lowest BCUT2D eigenvalue weighted by molar-refractivity contribution is 0.0706. The SMILES string of the molecule is CC(N)C(N1CCCC1c1ccccc1)C(C)(C)C. The Hall–Kier alpha value is -0.860. The normalized spacial score (nSPS) is 24.4. The van der Waals surface area contributed by atoms with Crippen LogP contribution in [-0.2, 0) is 0 Å². The first kappa shape index (κ1) is 14.5. The van der Waals surface area contributed by atoms with Crippen LogP contribution in [0.15, 0.2) is 30.3 Å². The van der Waals surface area contributed by atoms with Gasteiger partial charge in [0.05, 0.1) is 0 Å². The molecule has 2 N–H and O–H groups in total. The van der Waals surface area contributed by atoms with Crippen molar-refractivity contribution in [2.24, 2.45) is 11.1 Å². The lowest BCUT2D eigenvalue weighted by Gasteiger charge is -2.43. The molecule has 0 amide bonds. The first-order valence-electron chi connectivity index (χ1n) is 7.47. The second kappa shape index (κ2) is 5.64. The third-order valence-electron chi connectivity index (χ3n) is 4.22. The Labute approximate surface area is 118 Å². The lowest BCUT2D eigenvalue weighted by Crippen LogP contribution is -2.53. The van der Waals surface area contributed by atoms with Crippen LogP contribution >= 0.6 is 0 Å². The third kappa shape index (κ3) is 3.18. The third-order valence-corrected chi connectivity index (χ3v) is 4.22. The molecule has 1 heterocycles. The fourth-order valence-electron chi connectivity index (χ4n) is 3.74. The molecular weight excluding hydrogens is 232 g/mol. The zero-order valence-electron chi connectivity index (χ0n) is 12.8. The smallest absolute Gasteiger partial charge is 0.0352 e. The molecule has 106 valence electrons. The topological polar surface area (TPSA) is 29.3 Å². The number of likely N-dealkylation sites (tertiary alicyclic amines) is 1. The highest BCUT2D eigenvalue weighted by molar-refractivity contribution is 5.20. The zero-order valence-corrected chi connectivity index (χ0v) is 12.8. The Bertz CT molecular complexity index is 391. The van der Waals surface area contributed by atoms with Crippen LogP contribution in [0, 0.1) is 5.41 Å². The van der Waals surface area contributed by atoms with Gasteiger partial charge in [0, 0.05) is 18.1 Å². The van der Waals surface area contributed by atoms with Crippen molar-refractivity contribution >= 4 is 0 Å². The fourth-order valence-corrected chi connectivity index (χ4v) is 3.74. The fraction of sp³-hybridized carbons (Fsp3) is 0.647. The van der Waals surface area contributed by atoms with Crippen LogP contribution in [0.1, 0.15) is 52.1 Å². The molecule has 0 spiro atoms. The van der Waals surface area contributed by atoms with Gasteiger partial charge in [0.2, 0.25) is 0 Å². The Kier molecular flexibility index (Phi) is 4.32. The summed E-state index contributed by atoms with van der Waals surface area (Å²) in [6.07, 6.45) is 2.53. The van der Waals surface area contributed by atoms with Crippen molar-refractivity contribution in [3.05, 3.63) is 35.9 Å². The molecule has 0 aromatic heterocycles. The molecule has 2 nitrogen and oxygen atoms in total. The molecule has 1 aliphatic heterocycles. The van der Waals surface area contributed by atoms with Crippen molar-refractivity contribution < 1.29 is 0 Å². The van der Waals surface area contributed by atoms with Gasteiger partial charge in [-0.15, -0.1) is 0 Å². The number of hydrogen-bond donors (Lipinski definition) is 1. The van der Waals surface area contributed by atoms with E-state index in [9.17, 15) is 0 Å². The van der Waals surface area contributed by atoms with Crippen LogP contribution in [0.2, 0.25) is 0 Å². The molecule has 2 heteroatoms. The van der Waals surface area contributed by atoms with Gasteiger partial charge in [0.25, 0.3) is 0 Å². The summed E-state index contributed by atoms with van der Waals surface area (Å²) in [7, 11) is 0. The Morgan fingerprint density at radius 2 is 1.84 bits per heavy atom. The molecule has 19 heavy (non-hydrogen) atoms. The van der Waals surface area contributed by atoms with E-state index in [2.05, 4.69) is 62.9 Å². The van der Waals surface area contributed by atoms with Crippen LogP contribution in [0.4, 0.5) is 0 Å². The van der Waals surface area contributed by atoms with Crippen molar-refractivity contribution in [3.8, 4) is 0 Å². The largest absolute Gasteiger partial charge is 0.327 e. The molecule has 3 unspecified atom stereocenters. The molecule has 1 aromatic rings. The molecule has 2 rings (SSSR count). The zero-order chi connectivity index (χ0) is 14.0. The Balaban J connectivity index is 2.27. The minimum absolute atomic E-state index is 0.198. The van der Waals surface area contributed by atoms with Gasteiger partial charge in [-0.05, 0) is 37.3 Å². The summed E-state index contributed by atoms with van der Waals surface area (Å²) >= 11 is 0. The first-order valence-corrected chi connectivity index (χ1v) is 7.47. The molecule has 1 fully saturated rings. The van der Waals surface area contributed by atoms with E-state index in [0.717, 1.165) is 0 Å². The van der Waals surface area contributed by atoms with E-state index in [1.807, 2.05) is 0 Å². The number of rotatable bonds is 3. The van der Waals surface area contributed by atoms with Crippen molar-refractivity contribution in [1.29, 1.82) is 0 Å². The Morgan fingerprint density at radius 1 is 1.21 bits per heavy atom. The van der Waals surface area contributed by atoms with Crippen LogP contribution in [0.5, 0.6) is 0 Å². The van der Waals surface area contributed by atoms with Crippen molar-refractivity contribution in [2.45, 2.75) is 58.7 Å². The van der Waals surface area contributed by atoms with E-state index in [1.54, 1.807) is 0 Å². The maximum Gasteiger partial charge on any atom is 0.0352 e.